The van der Waals surface area contributed by atoms with Gasteiger partial charge in [0.25, 0.3) is 0 Å². The van der Waals surface area contributed by atoms with Gasteiger partial charge in [0.05, 0.1) is 12.0 Å². The van der Waals surface area contributed by atoms with Crippen molar-refractivity contribution >= 4 is 12.1 Å². The number of hydrogen-bond donors (Lipinski definition) is 1. The van der Waals surface area contributed by atoms with Crippen molar-refractivity contribution in [2.24, 2.45) is 11.8 Å². The minimum atomic E-state index is -4.18. The first-order chi connectivity index (χ1) is 15.9. The molecule has 3 atom stereocenters. The fourth-order valence-corrected chi connectivity index (χ4v) is 7.14. The van der Waals surface area contributed by atoms with E-state index in [0.29, 0.717) is 18.4 Å². The van der Waals surface area contributed by atoms with E-state index in [0.717, 1.165) is 54.8 Å². The van der Waals surface area contributed by atoms with Crippen LogP contribution in [0.4, 0.5) is 13.2 Å². The average Bonchev–Trinajstić information content (AvgIpc) is 3.47. The molecule has 33 heavy (non-hydrogen) atoms. The molecule has 0 radical (unpaired) electrons. The molecule has 1 saturated carbocycles. The summed E-state index contributed by atoms with van der Waals surface area (Å²) in [5, 5.41) is 0. The first kappa shape index (κ1) is 21.3. The third-order valence-corrected chi connectivity index (χ3v) is 8.54. The molecule has 2 fully saturated rings. The molecule has 1 aliphatic heterocycles. The molecule has 2 heterocycles. The van der Waals surface area contributed by atoms with E-state index in [1.165, 1.54) is 15.4 Å². The van der Waals surface area contributed by atoms with Gasteiger partial charge in [-0.15, -0.1) is 0 Å². The molecule has 1 spiro atoms. The summed E-state index contributed by atoms with van der Waals surface area (Å²) in [4.78, 5) is 4.58. The second kappa shape index (κ2) is 7.89. The summed E-state index contributed by atoms with van der Waals surface area (Å²) in [6.07, 6.45) is 3.66. The molecule has 6 rings (SSSR count). The number of hydrogen-bond acceptors (Lipinski definition) is 4. The Labute approximate surface area is 195 Å². The molecular formula is C25H25F3N4S. The normalized spacial score (nSPS) is 27.1. The third kappa shape index (κ3) is 3.88. The van der Waals surface area contributed by atoms with Gasteiger partial charge in [-0.3, -0.25) is 0 Å². The van der Waals surface area contributed by atoms with E-state index in [9.17, 15) is 13.2 Å². The van der Waals surface area contributed by atoms with Gasteiger partial charge in [0.2, 0.25) is 0 Å². The molecule has 3 aliphatic rings. The Hall–Kier alpha value is -2.29. The predicted molar refractivity (Wildman–Crippen MR) is 124 cm³/mol. The van der Waals surface area contributed by atoms with Crippen molar-refractivity contribution in [2.45, 2.75) is 37.4 Å². The molecule has 2 bridgehead atoms. The SMILES string of the molecule is FC(F)(F)CN1CC2(NS1)C1CCC2Cc2cc(-n3cnc(-c4ccccc4)c3)ccc2C1. The molecule has 3 aromatic rings. The molecule has 3 unspecified atom stereocenters. The zero-order valence-corrected chi connectivity index (χ0v) is 18.9. The second-order valence-electron chi connectivity index (χ2n) is 9.51. The predicted octanol–water partition coefficient (Wildman–Crippen LogP) is 5.43. The van der Waals surface area contributed by atoms with Crippen molar-refractivity contribution in [3.05, 3.63) is 72.2 Å². The van der Waals surface area contributed by atoms with Crippen LogP contribution in [-0.4, -0.2) is 38.7 Å². The molecule has 1 N–H and O–H groups in total. The van der Waals surface area contributed by atoms with Crippen LogP contribution >= 0.6 is 12.1 Å². The zero-order chi connectivity index (χ0) is 22.6. The lowest BCUT2D eigenvalue weighted by molar-refractivity contribution is -0.135. The first-order valence-electron chi connectivity index (χ1n) is 11.4. The van der Waals surface area contributed by atoms with Gasteiger partial charge >= 0.3 is 6.18 Å². The van der Waals surface area contributed by atoms with Gasteiger partial charge in [0.1, 0.15) is 6.54 Å². The van der Waals surface area contributed by atoms with Crippen LogP contribution in [0.25, 0.3) is 16.9 Å². The van der Waals surface area contributed by atoms with Crippen molar-refractivity contribution < 1.29 is 13.2 Å². The van der Waals surface area contributed by atoms with Crippen LogP contribution in [0.5, 0.6) is 0 Å². The van der Waals surface area contributed by atoms with Crippen molar-refractivity contribution in [3.63, 3.8) is 0 Å². The fraction of sp³-hybridized carbons (Fsp3) is 0.400. The van der Waals surface area contributed by atoms with E-state index >= 15 is 0 Å². The Balaban J connectivity index is 1.26. The number of alkyl halides is 3. The Bertz CT molecular complexity index is 1160. The maximum Gasteiger partial charge on any atom is 0.402 e. The topological polar surface area (TPSA) is 33.1 Å². The Kier molecular flexibility index (Phi) is 5.08. The average molecular weight is 471 g/mol. The van der Waals surface area contributed by atoms with Crippen LogP contribution in [0, 0.1) is 11.8 Å². The molecule has 4 nitrogen and oxygen atoms in total. The molecule has 2 aliphatic carbocycles. The van der Waals surface area contributed by atoms with Gasteiger partial charge in [0, 0.05) is 41.7 Å². The molecule has 8 heteroatoms. The summed E-state index contributed by atoms with van der Waals surface area (Å²) in [7, 11) is 0. The van der Waals surface area contributed by atoms with E-state index in [1.54, 1.807) is 0 Å². The van der Waals surface area contributed by atoms with Gasteiger partial charge in [-0.1, -0.05) is 36.4 Å². The highest BCUT2D eigenvalue weighted by Crippen LogP contribution is 2.51. The number of nitrogens with zero attached hydrogens (tertiary/aromatic N) is 3. The highest BCUT2D eigenvalue weighted by Gasteiger charge is 2.56. The van der Waals surface area contributed by atoms with Gasteiger partial charge in [-0.25, -0.2) is 14.0 Å². The molecule has 1 aromatic heterocycles. The van der Waals surface area contributed by atoms with Crippen LogP contribution in [-0.2, 0) is 12.8 Å². The summed E-state index contributed by atoms with van der Waals surface area (Å²) in [5.41, 5.74) is 5.48. The minimum absolute atomic E-state index is 0.245. The Morgan fingerprint density at radius 3 is 2.55 bits per heavy atom. The fourth-order valence-electron chi connectivity index (χ4n) is 5.95. The zero-order valence-electron chi connectivity index (χ0n) is 18.1. The van der Waals surface area contributed by atoms with E-state index in [-0.39, 0.29) is 5.54 Å². The summed E-state index contributed by atoms with van der Waals surface area (Å²) in [5.74, 6) is 0.700. The van der Waals surface area contributed by atoms with E-state index in [2.05, 4.69) is 44.6 Å². The van der Waals surface area contributed by atoms with Crippen molar-refractivity contribution in [1.82, 2.24) is 18.6 Å². The van der Waals surface area contributed by atoms with Crippen molar-refractivity contribution in [2.75, 3.05) is 13.1 Å². The van der Waals surface area contributed by atoms with E-state index in [1.807, 2.05) is 30.7 Å². The third-order valence-electron chi connectivity index (χ3n) is 7.55. The lowest BCUT2D eigenvalue weighted by atomic mass is 9.79. The minimum Gasteiger partial charge on any atom is -0.306 e. The van der Waals surface area contributed by atoms with E-state index in [4.69, 9.17) is 0 Å². The molecule has 1 saturated heterocycles. The number of nitrogens with one attached hydrogen (secondary N) is 1. The van der Waals surface area contributed by atoms with Crippen molar-refractivity contribution in [3.8, 4) is 16.9 Å². The second-order valence-corrected chi connectivity index (χ2v) is 10.4. The Morgan fingerprint density at radius 2 is 1.79 bits per heavy atom. The quantitative estimate of drug-likeness (QED) is 0.518. The highest BCUT2D eigenvalue weighted by molar-refractivity contribution is 7.95. The van der Waals surface area contributed by atoms with Crippen LogP contribution in [0.15, 0.2) is 61.1 Å². The van der Waals surface area contributed by atoms with Crippen molar-refractivity contribution in [1.29, 1.82) is 0 Å². The standard InChI is InChI=1S/C25H25F3N4S/c26-25(27,28)15-32-14-24(30-33-32)20-7-8-21(24)11-19-12-22(9-6-18(19)10-20)31-13-23(29-16-31)17-4-2-1-3-5-17/h1-6,9,12-13,16,20-21,30H,7-8,10-11,14-15H2. The van der Waals surface area contributed by atoms with Gasteiger partial charge in [-0.2, -0.15) is 13.2 Å². The molecule has 172 valence electrons. The lowest BCUT2D eigenvalue weighted by Gasteiger charge is -2.34. The number of halogens is 3. The van der Waals surface area contributed by atoms with Gasteiger partial charge in [0.15, 0.2) is 0 Å². The lowest BCUT2D eigenvalue weighted by Crippen LogP contribution is -2.51. The molecule has 2 aromatic carbocycles. The van der Waals surface area contributed by atoms with Crippen LogP contribution in [0.3, 0.4) is 0 Å². The summed E-state index contributed by atoms with van der Waals surface area (Å²) < 4.78 is 46.0. The summed E-state index contributed by atoms with van der Waals surface area (Å²) in [6, 6.07) is 16.7. The monoisotopic (exact) mass is 470 g/mol. The smallest absolute Gasteiger partial charge is 0.306 e. The molecular weight excluding hydrogens is 445 g/mol. The maximum absolute atomic E-state index is 13.0. The largest absolute Gasteiger partial charge is 0.402 e. The van der Waals surface area contributed by atoms with Crippen LogP contribution in [0.1, 0.15) is 24.0 Å². The highest BCUT2D eigenvalue weighted by atomic mass is 32.2. The maximum atomic E-state index is 13.0. The first-order valence-corrected chi connectivity index (χ1v) is 12.1. The number of aromatic nitrogens is 2. The van der Waals surface area contributed by atoms with Gasteiger partial charge in [-0.05, 0) is 60.8 Å². The molecule has 0 amide bonds. The number of fused-ring (bicyclic) bond motifs is 1. The number of rotatable bonds is 3. The van der Waals surface area contributed by atoms with Gasteiger partial charge < -0.3 is 4.57 Å². The van der Waals surface area contributed by atoms with E-state index < -0.39 is 12.7 Å². The number of imidazole rings is 1. The number of benzene rings is 2. The van der Waals surface area contributed by atoms with Crippen LogP contribution in [0.2, 0.25) is 0 Å². The Morgan fingerprint density at radius 1 is 1.03 bits per heavy atom. The van der Waals surface area contributed by atoms with Crippen LogP contribution < -0.4 is 4.72 Å². The summed E-state index contributed by atoms with van der Waals surface area (Å²) in [6.45, 7) is -0.414. The summed E-state index contributed by atoms with van der Waals surface area (Å²) >= 11 is 1.16.